The number of aromatic nitrogens is 1. The number of nitrogens with one attached hydrogen (secondary N) is 1. The van der Waals surface area contributed by atoms with E-state index in [1.165, 1.54) is 47.5 Å². The molecule has 1 aliphatic heterocycles. The van der Waals surface area contributed by atoms with E-state index in [2.05, 4.69) is 89.2 Å². The lowest BCUT2D eigenvalue weighted by Crippen LogP contribution is -2.47. The van der Waals surface area contributed by atoms with E-state index < -0.39 is 0 Å². The van der Waals surface area contributed by atoms with Gasteiger partial charge in [0.1, 0.15) is 12.4 Å². The molecule has 0 bridgehead atoms. The molecule has 45 heavy (non-hydrogen) atoms. The van der Waals surface area contributed by atoms with Gasteiger partial charge in [-0.25, -0.2) is 0 Å². The molecule has 0 spiro atoms. The molecule has 3 aliphatic rings. The van der Waals surface area contributed by atoms with Gasteiger partial charge in [0.2, 0.25) is 5.91 Å². The Morgan fingerprint density at radius 1 is 1.07 bits per heavy atom. The molecule has 1 N–H and O–H groups in total. The molecule has 5 rings (SSSR count). The molecule has 0 radical (unpaired) electrons. The van der Waals surface area contributed by atoms with Crippen LogP contribution in [-0.2, 0) is 22.5 Å². The highest BCUT2D eigenvalue weighted by atomic mass is 35.5. The van der Waals surface area contributed by atoms with E-state index in [0.717, 1.165) is 76.5 Å². The van der Waals surface area contributed by atoms with Gasteiger partial charge in [-0.3, -0.25) is 9.69 Å². The maximum Gasteiger partial charge on any atom is 0.217 e. The van der Waals surface area contributed by atoms with Gasteiger partial charge in [0.25, 0.3) is 0 Å². The number of hydrogen-bond donors (Lipinski definition) is 1. The lowest BCUT2D eigenvalue weighted by molar-refractivity contribution is -0.118. The number of benzene rings is 1. The molecule has 1 fully saturated rings. The molecule has 1 aromatic carbocycles. The van der Waals surface area contributed by atoms with Gasteiger partial charge in [-0.1, -0.05) is 60.5 Å². The van der Waals surface area contributed by atoms with Crippen molar-refractivity contribution in [3.8, 4) is 0 Å². The van der Waals surface area contributed by atoms with Crippen LogP contribution in [-0.4, -0.2) is 78.1 Å². The van der Waals surface area contributed by atoms with E-state index >= 15 is 0 Å². The summed E-state index contributed by atoms with van der Waals surface area (Å²) in [4.78, 5) is 15.8. The Labute approximate surface area is 280 Å². The highest BCUT2D eigenvalue weighted by molar-refractivity contribution is 6.37. The lowest BCUT2D eigenvalue weighted by Gasteiger charge is -2.34. The van der Waals surface area contributed by atoms with Crippen molar-refractivity contribution in [3.05, 3.63) is 93.9 Å². The van der Waals surface area contributed by atoms with Crippen molar-refractivity contribution in [1.82, 2.24) is 19.7 Å². The van der Waals surface area contributed by atoms with E-state index in [0.29, 0.717) is 11.6 Å². The number of ether oxygens (including phenoxy) is 1. The summed E-state index contributed by atoms with van der Waals surface area (Å²) in [7, 11) is 0. The number of hydrogen-bond acceptors (Lipinski definition) is 4. The Kier molecular flexibility index (Phi) is 13.9. The van der Waals surface area contributed by atoms with E-state index in [4.69, 9.17) is 27.9 Å². The normalized spacial score (nSPS) is 19.1. The SMILES string of the molecule is CC(=O)NCC1=CCC(Cl)C(Cl)=C1.CCc1cccc2c(C)cn(CCCN3CCN(CCOC4=CC=C(C)CC=C4)CC3)c12. The van der Waals surface area contributed by atoms with Crippen molar-refractivity contribution in [3.63, 3.8) is 0 Å². The number of carbonyl (C=O) groups is 1. The first-order valence-corrected chi connectivity index (χ1v) is 17.2. The summed E-state index contributed by atoms with van der Waals surface area (Å²) in [5, 5.41) is 4.65. The molecule has 1 aromatic heterocycles. The molecule has 2 aliphatic carbocycles. The van der Waals surface area contributed by atoms with Gasteiger partial charge in [0.15, 0.2) is 0 Å². The van der Waals surface area contributed by atoms with Crippen LogP contribution in [0.2, 0.25) is 0 Å². The predicted octanol–water partition coefficient (Wildman–Crippen LogP) is 7.51. The second-order valence-corrected chi connectivity index (χ2v) is 13.1. The van der Waals surface area contributed by atoms with E-state index in [9.17, 15) is 4.79 Å². The minimum absolute atomic E-state index is 0.0431. The summed E-state index contributed by atoms with van der Waals surface area (Å²) in [5.74, 6) is 0.943. The number of aryl methyl sites for hydroxylation is 3. The largest absolute Gasteiger partial charge is 0.492 e. The lowest BCUT2D eigenvalue weighted by atomic mass is 10.1. The second kappa shape index (κ2) is 17.8. The summed E-state index contributed by atoms with van der Waals surface area (Å²) < 4.78 is 8.47. The third-order valence-electron chi connectivity index (χ3n) is 8.58. The molecule has 1 amide bonds. The molecule has 1 unspecified atom stereocenters. The van der Waals surface area contributed by atoms with Gasteiger partial charge in [-0.05, 0) is 81.0 Å². The highest BCUT2D eigenvalue weighted by Gasteiger charge is 2.17. The first-order valence-electron chi connectivity index (χ1n) is 16.4. The predicted molar refractivity (Wildman–Crippen MR) is 190 cm³/mol. The zero-order valence-corrected chi connectivity index (χ0v) is 29.0. The zero-order valence-electron chi connectivity index (χ0n) is 27.5. The average Bonchev–Trinajstić information content (AvgIpc) is 3.21. The Hall–Kier alpha value is -2.77. The first kappa shape index (κ1) is 35.1. The number of rotatable bonds is 11. The van der Waals surface area contributed by atoms with Crippen molar-refractivity contribution in [1.29, 1.82) is 0 Å². The topological polar surface area (TPSA) is 49.7 Å². The van der Waals surface area contributed by atoms with Crippen LogP contribution < -0.4 is 5.32 Å². The average molecular weight is 654 g/mol. The van der Waals surface area contributed by atoms with Crippen LogP contribution in [0.1, 0.15) is 51.2 Å². The van der Waals surface area contributed by atoms with Gasteiger partial charge >= 0.3 is 0 Å². The van der Waals surface area contributed by atoms with Crippen LogP contribution in [0.3, 0.4) is 0 Å². The smallest absolute Gasteiger partial charge is 0.217 e. The maximum atomic E-state index is 10.6. The number of amides is 1. The molecule has 244 valence electrons. The van der Waals surface area contributed by atoms with E-state index in [-0.39, 0.29) is 11.3 Å². The number of piperazine rings is 1. The van der Waals surface area contributed by atoms with Gasteiger partial charge in [-0.2, -0.15) is 0 Å². The monoisotopic (exact) mass is 652 g/mol. The van der Waals surface area contributed by atoms with Crippen molar-refractivity contribution in [2.24, 2.45) is 0 Å². The molecular weight excluding hydrogens is 603 g/mol. The molecule has 0 saturated carbocycles. The molecule has 1 saturated heterocycles. The number of carbonyl (C=O) groups excluding carboxylic acids is 1. The number of allylic oxidation sites excluding steroid dienone is 7. The third kappa shape index (κ3) is 10.9. The standard InChI is InChI=1S/C28H39N3O.C9H11Cl2NO/c1-4-25-9-6-11-27-24(3)22-31(28(25)27)15-7-14-29-16-18-30(19-17-29)20-21-32-26-10-5-8-23(2)12-13-26;1-6(13)12-5-7-2-3-8(10)9(11)4-7/h5-6,9-13,22H,4,7-8,14-21H2,1-3H3;2,4,8H,3,5H2,1H3,(H,12,13). The Morgan fingerprint density at radius 2 is 1.82 bits per heavy atom. The van der Waals surface area contributed by atoms with Crippen molar-refractivity contribution < 1.29 is 9.53 Å². The van der Waals surface area contributed by atoms with Crippen LogP contribution in [0, 0.1) is 6.92 Å². The van der Waals surface area contributed by atoms with Gasteiger partial charge in [0.05, 0.1) is 10.9 Å². The third-order valence-corrected chi connectivity index (χ3v) is 9.48. The van der Waals surface area contributed by atoms with Crippen molar-refractivity contribution in [2.75, 3.05) is 52.4 Å². The van der Waals surface area contributed by atoms with E-state index in [1.807, 2.05) is 6.08 Å². The second-order valence-electron chi connectivity index (χ2n) is 12.2. The Bertz CT molecular complexity index is 1440. The molecule has 8 heteroatoms. The first-order chi connectivity index (χ1) is 21.7. The number of halogens is 2. The fourth-order valence-corrected chi connectivity index (χ4v) is 6.30. The van der Waals surface area contributed by atoms with E-state index in [1.54, 1.807) is 6.08 Å². The summed E-state index contributed by atoms with van der Waals surface area (Å²) in [5.41, 5.74) is 6.70. The van der Waals surface area contributed by atoms with Crippen LogP contribution >= 0.6 is 23.2 Å². The van der Waals surface area contributed by atoms with Gasteiger partial charge in [-0.15, -0.1) is 11.6 Å². The molecule has 1 atom stereocenters. The summed E-state index contributed by atoms with van der Waals surface area (Å²) in [6.45, 7) is 17.3. The van der Waals surface area contributed by atoms with Crippen molar-refractivity contribution in [2.45, 2.75) is 65.3 Å². The van der Waals surface area contributed by atoms with Crippen LogP contribution in [0.25, 0.3) is 10.9 Å². The summed E-state index contributed by atoms with van der Waals surface area (Å²) in [6.07, 6.45) is 18.7. The molecule has 6 nitrogen and oxygen atoms in total. The fourth-order valence-electron chi connectivity index (χ4n) is 5.92. The Morgan fingerprint density at radius 3 is 2.53 bits per heavy atom. The zero-order chi connectivity index (χ0) is 32.2. The number of para-hydroxylation sites is 1. The van der Waals surface area contributed by atoms with Crippen LogP contribution in [0.15, 0.2) is 82.8 Å². The number of fused-ring (bicyclic) bond motifs is 1. The summed E-state index contributed by atoms with van der Waals surface area (Å²) >= 11 is 11.7. The summed E-state index contributed by atoms with van der Waals surface area (Å²) in [6, 6.07) is 6.75. The molecule has 2 aromatic rings. The van der Waals surface area contributed by atoms with Gasteiger partial charge < -0.3 is 19.5 Å². The Balaban J connectivity index is 0.000000297. The quantitative estimate of drug-likeness (QED) is 0.255. The number of nitrogens with zero attached hydrogens (tertiary/aromatic N) is 3. The minimum Gasteiger partial charge on any atom is -0.492 e. The highest BCUT2D eigenvalue weighted by Crippen LogP contribution is 2.26. The van der Waals surface area contributed by atoms with Crippen molar-refractivity contribution >= 4 is 40.0 Å². The van der Waals surface area contributed by atoms with Crippen LogP contribution in [0.4, 0.5) is 0 Å². The number of alkyl halides is 1. The molecular formula is C37H50Cl2N4O2. The van der Waals surface area contributed by atoms with Crippen LogP contribution in [0.5, 0.6) is 0 Å². The minimum atomic E-state index is -0.109. The van der Waals surface area contributed by atoms with Gasteiger partial charge in [0, 0.05) is 69.4 Å². The fraction of sp³-hybridized carbons (Fsp3) is 0.486. The molecule has 2 heterocycles. The maximum absolute atomic E-state index is 10.6.